The summed E-state index contributed by atoms with van der Waals surface area (Å²) in [5.74, 6) is -1.33. The van der Waals surface area contributed by atoms with E-state index in [0.717, 1.165) is 15.8 Å². The number of likely N-dealkylation sites (N-methyl/N-ethyl adjacent to an activating group) is 1. The minimum atomic E-state index is -0.967. The summed E-state index contributed by atoms with van der Waals surface area (Å²) in [7, 11) is 1.80. The van der Waals surface area contributed by atoms with E-state index in [4.69, 9.17) is 10.8 Å². The van der Waals surface area contributed by atoms with Crippen LogP contribution in [0.1, 0.15) is 9.75 Å². The van der Waals surface area contributed by atoms with Crippen LogP contribution in [-0.2, 0) is 16.1 Å². The number of rotatable bonds is 6. The lowest BCUT2D eigenvalue weighted by atomic mass is 10.3. The van der Waals surface area contributed by atoms with Crippen LogP contribution < -0.4 is 5.73 Å². The molecule has 1 amide bonds. The van der Waals surface area contributed by atoms with Crippen LogP contribution in [0.4, 0.5) is 0 Å². The quantitative estimate of drug-likeness (QED) is 0.734. The molecule has 0 saturated carbocycles. The Bertz CT molecular complexity index is 440. The molecule has 1 aromatic rings. The topological polar surface area (TPSA) is 83.6 Å². The van der Waals surface area contributed by atoms with Crippen LogP contribution in [0.5, 0.6) is 0 Å². The summed E-state index contributed by atoms with van der Waals surface area (Å²) in [6, 6.07) is 3.75. The number of carbonyl (C=O) groups is 2. The highest BCUT2D eigenvalue weighted by atomic mass is 32.1. The van der Waals surface area contributed by atoms with E-state index in [1.165, 1.54) is 11.3 Å². The second-order valence-corrected chi connectivity index (χ2v) is 4.81. The van der Waals surface area contributed by atoms with Crippen LogP contribution >= 0.6 is 11.3 Å². The third kappa shape index (κ3) is 5.28. The largest absolute Gasteiger partial charge is 0.478 e. The molecule has 3 N–H and O–H groups in total. The number of aliphatic carboxylic acids is 1. The van der Waals surface area contributed by atoms with Crippen LogP contribution in [-0.4, -0.2) is 35.5 Å². The molecule has 0 aliphatic heterocycles. The second kappa shape index (κ2) is 6.17. The Morgan fingerprint density at radius 1 is 1.53 bits per heavy atom. The smallest absolute Gasteiger partial charge is 0.328 e. The monoisotopic (exact) mass is 254 g/mol. The van der Waals surface area contributed by atoms with Crippen LogP contribution in [0.15, 0.2) is 18.2 Å². The lowest BCUT2D eigenvalue weighted by Crippen LogP contribution is -2.29. The Morgan fingerprint density at radius 3 is 2.82 bits per heavy atom. The third-order valence-corrected chi connectivity index (χ3v) is 2.96. The minimum Gasteiger partial charge on any atom is -0.478 e. The van der Waals surface area contributed by atoms with E-state index in [-0.39, 0.29) is 12.5 Å². The summed E-state index contributed by atoms with van der Waals surface area (Å²) in [5, 5.41) is 8.48. The molecule has 92 valence electrons. The van der Waals surface area contributed by atoms with Crippen molar-refractivity contribution in [3.05, 3.63) is 28.0 Å². The maximum Gasteiger partial charge on any atom is 0.328 e. The number of amides is 1. The van der Waals surface area contributed by atoms with Crippen LogP contribution in [0, 0.1) is 0 Å². The van der Waals surface area contributed by atoms with Crippen LogP contribution in [0.2, 0.25) is 0 Å². The Hall–Kier alpha value is -1.66. The number of thiophene rings is 1. The zero-order valence-electron chi connectivity index (χ0n) is 9.42. The fourth-order valence-electron chi connectivity index (χ4n) is 1.31. The molecule has 0 aromatic carbocycles. The van der Waals surface area contributed by atoms with Gasteiger partial charge in [-0.15, -0.1) is 11.3 Å². The molecule has 0 saturated heterocycles. The van der Waals surface area contributed by atoms with E-state index < -0.39 is 5.97 Å². The van der Waals surface area contributed by atoms with Gasteiger partial charge < -0.3 is 10.8 Å². The molecule has 17 heavy (non-hydrogen) atoms. The Balaban J connectivity index is 2.56. The molecule has 1 heterocycles. The molecule has 0 spiro atoms. The maximum atomic E-state index is 10.7. The van der Waals surface area contributed by atoms with Crippen LogP contribution in [0.3, 0.4) is 0 Å². The fourth-order valence-corrected chi connectivity index (χ4v) is 2.31. The van der Waals surface area contributed by atoms with Crippen molar-refractivity contribution in [2.45, 2.75) is 6.54 Å². The predicted molar refractivity (Wildman–Crippen MR) is 66.5 cm³/mol. The van der Waals surface area contributed by atoms with E-state index in [0.29, 0.717) is 6.54 Å². The number of nitrogens with zero attached hydrogens (tertiary/aromatic N) is 1. The van der Waals surface area contributed by atoms with Gasteiger partial charge in [-0.05, 0) is 25.3 Å². The van der Waals surface area contributed by atoms with Gasteiger partial charge >= 0.3 is 5.97 Å². The number of carbonyl (C=O) groups excluding carboxylic acids is 1. The Morgan fingerprint density at radius 2 is 2.24 bits per heavy atom. The first-order chi connectivity index (χ1) is 7.97. The van der Waals surface area contributed by atoms with Gasteiger partial charge in [0.1, 0.15) is 0 Å². The van der Waals surface area contributed by atoms with E-state index in [1.54, 1.807) is 18.0 Å². The SMILES string of the molecule is CN(CC(N)=O)Cc1ccc(C=CC(=O)O)s1. The molecule has 6 heteroatoms. The van der Waals surface area contributed by atoms with Crippen molar-refractivity contribution in [1.82, 2.24) is 4.90 Å². The average molecular weight is 254 g/mol. The first-order valence-corrected chi connectivity index (χ1v) is 5.75. The van der Waals surface area contributed by atoms with E-state index in [9.17, 15) is 9.59 Å². The summed E-state index contributed by atoms with van der Waals surface area (Å²) >= 11 is 1.49. The van der Waals surface area contributed by atoms with Crippen molar-refractivity contribution in [3.63, 3.8) is 0 Å². The molecule has 1 aromatic heterocycles. The molecule has 0 unspecified atom stereocenters. The average Bonchev–Trinajstić information content (AvgIpc) is 2.61. The van der Waals surface area contributed by atoms with Crippen molar-refractivity contribution in [2.24, 2.45) is 5.73 Å². The fraction of sp³-hybridized carbons (Fsp3) is 0.273. The Labute approximate surface area is 103 Å². The van der Waals surface area contributed by atoms with E-state index in [2.05, 4.69) is 0 Å². The summed E-state index contributed by atoms with van der Waals surface area (Å²) in [4.78, 5) is 24.8. The number of carboxylic acid groups (broad SMARTS) is 1. The van der Waals surface area contributed by atoms with Crippen molar-refractivity contribution in [1.29, 1.82) is 0 Å². The molecule has 5 nitrogen and oxygen atoms in total. The van der Waals surface area contributed by atoms with Gasteiger partial charge in [0.25, 0.3) is 0 Å². The summed E-state index contributed by atoms with van der Waals surface area (Å²) in [5.41, 5.74) is 5.08. The molecule has 0 atom stereocenters. The van der Waals surface area contributed by atoms with Gasteiger partial charge in [-0.1, -0.05) is 0 Å². The predicted octanol–water partition coefficient (Wildman–Crippen LogP) is 0.763. The number of primary amides is 1. The minimum absolute atomic E-state index is 0.207. The molecule has 1 rings (SSSR count). The highest BCUT2D eigenvalue weighted by Gasteiger charge is 2.05. The molecule has 0 aliphatic carbocycles. The van der Waals surface area contributed by atoms with Gasteiger partial charge in [-0.25, -0.2) is 4.79 Å². The molecule has 0 aliphatic rings. The van der Waals surface area contributed by atoms with Crippen molar-refractivity contribution in [2.75, 3.05) is 13.6 Å². The molecule has 0 bridgehead atoms. The van der Waals surface area contributed by atoms with Crippen molar-refractivity contribution >= 4 is 29.3 Å². The Kier molecular flexibility index (Phi) is 4.86. The van der Waals surface area contributed by atoms with Gasteiger partial charge in [-0.3, -0.25) is 9.69 Å². The van der Waals surface area contributed by atoms with E-state index in [1.807, 2.05) is 12.1 Å². The maximum absolute atomic E-state index is 10.7. The summed E-state index contributed by atoms with van der Waals surface area (Å²) in [6.45, 7) is 0.826. The first kappa shape index (κ1) is 13.4. The lowest BCUT2D eigenvalue weighted by molar-refractivity contribution is -0.131. The second-order valence-electron chi connectivity index (χ2n) is 3.61. The third-order valence-electron chi connectivity index (χ3n) is 1.92. The van der Waals surface area contributed by atoms with E-state index >= 15 is 0 Å². The molecule has 0 fully saturated rings. The van der Waals surface area contributed by atoms with Crippen molar-refractivity contribution < 1.29 is 14.7 Å². The number of nitrogens with two attached hydrogens (primary N) is 1. The highest BCUT2D eigenvalue weighted by Crippen LogP contribution is 2.19. The number of hydrogen-bond acceptors (Lipinski definition) is 4. The first-order valence-electron chi connectivity index (χ1n) is 4.94. The zero-order valence-corrected chi connectivity index (χ0v) is 10.2. The van der Waals surface area contributed by atoms with Gasteiger partial charge in [0.15, 0.2) is 0 Å². The van der Waals surface area contributed by atoms with Crippen molar-refractivity contribution in [3.8, 4) is 0 Å². The highest BCUT2D eigenvalue weighted by molar-refractivity contribution is 7.12. The van der Waals surface area contributed by atoms with Crippen LogP contribution in [0.25, 0.3) is 6.08 Å². The number of carboxylic acids is 1. The van der Waals surface area contributed by atoms with Gasteiger partial charge in [0.05, 0.1) is 6.54 Å². The molecule has 0 radical (unpaired) electrons. The zero-order chi connectivity index (χ0) is 12.8. The van der Waals surface area contributed by atoms with Gasteiger partial charge in [-0.2, -0.15) is 0 Å². The standard InChI is InChI=1S/C11H14N2O3S/c1-13(7-10(12)14)6-9-3-2-8(17-9)4-5-11(15)16/h2-5H,6-7H2,1H3,(H2,12,14)(H,15,16). The summed E-state index contributed by atoms with van der Waals surface area (Å²) < 4.78 is 0. The molecular weight excluding hydrogens is 240 g/mol. The molecular formula is C11H14N2O3S. The normalized spacial score (nSPS) is 11.2. The number of hydrogen-bond donors (Lipinski definition) is 2. The summed E-state index contributed by atoms with van der Waals surface area (Å²) in [6.07, 6.45) is 2.65. The lowest BCUT2D eigenvalue weighted by Gasteiger charge is -2.12. The van der Waals surface area contributed by atoms with Gasteiger partial charge in [0.2, 0.25) is 5.91 Å². The van der Waals surface area contributed by atoms with Gasteiger partial charge in [0, 0.05) is 22.4 Å².